The van der Waals surface area contributed by atoms with Crippen molar-refractivity contribution in [2.75, 3.05) is 34.2 Å². The number of rotatable bonds is 6. The van der Waals surface area contributed by atoms with Crippen LogP contribution in [0.5, 0.6) is 23.0 Å². The van der Waals surface area contributed by atoms with E-state index in [0.29, 0.717) is 28.7 Å². The van der Waals surface area contributed by atoms with E-state index < -0.39 is 0 Å². The van der Waals surface area contributed by atoms with Crippen LogP contribution in [0, 0.1) is 0 Å². The highest BCUT2D eigenvalue weighted by Gasteiger charge is 2.16. The third-order valence-electron chi connectivity index (χ3n) is 3.60. The number of hydrogen-bond acceptors (Lipinski definition) is 5. The van der Waals surface area contributed by atoms with E-state index in [4.69, 9.17) is 24.7 Å². The van der Waals surface area contributed by atoms with Crippen molar-refractivity contribution in [3.63, 3.8) is 0 Å². The fourth-order valence-corrected chi connectivity index (χ4v) is 2.35. The molecule has 0 saturated heterocycles. The van der Waals surface area contributed by atoms with Gasteiger partial charge in [0.1, 0.15) is 5.75 Å². The Morgan fingerprint density at radius 1 is 0.870 bits per heavy atom. The molecule has 2 aromatic carbocycles. The predicted octanol–water partition coefficient (Wildman–Crippen LogP) is 3.36. The molecule has 23 heavy (non-hydrogen) atoms. The molecule has 0 aliphatic heterocycles. The molecule has 0 bridgehead atoms. The lowest BCUT2D eigenvalue weighted by atomic mass is 9.97. The number of anilines is 1. The molecule has 0 unspecified atom stereocenters. The summed E-state index contributed by atoms with van der Waals surface area (Å²) in [6.45, 7) is 4.15. The van der Waals surface area contributed by atoms with Crippen LogP contribution in [0.4, 0.5) is 5.69 Å². The number of nitrogens with two attached hydrogens (primary N) is 1. The lowest BCUT2D eigenvalue weighted by Gasteiger charge is -2.16. The van der Waals surface area contributed by atoms with Gasteiger partial charge >= 0.3 is 0 Å². The molecule has 0 aliphatic carbocycles. The minimum absolute atomic E-state index is 0.536. The van der Waals surface area contributed by atoms with Gasteiger partial charge in [-0.25, -0.2) is 0 Å². The molecule has 0 radical (unpaired) electrons. The Kier molecular flexibility index (Phi) is 5.01. The van der Waals surface area contributed by atoms with Gasteiger partial charge in [-0.2, -0.15) is 0 Å². The van der Waals surface area contributed by atoms with Gasteiger partial charge in [-0.15, -0.1) is 0 Å². The Labute approximate surface area is 136 Å². The Bertz CT molecular complexity index is 700. The van der Waals surface area contributed by atoms with Crippen LogP contribution in [0.3, 0.4) is 0 Å². The van der Waals surface area contributed by atoms with Crippen LogP contribution in [0.1, 0.15) is 11.1 Å². The molecule has 5 nitrogen and oxygen atoms in total. The van der Waals surface area contributed by atoms with E-state index in [1.54, 1.807) is 34.5 Å². The summed E-state index contributed by atoms with van der Waals surface area (Å²) < 4.78 is 21.3. The summed E-state index contributed by atoms with van der Waals surface area (Å²) in [4.78, 5) is 0. The summed E-state index contributed by atoms with van der Waals surface area (Å²) in [6.07, 6.45) is 0. The van der Waals surface area contributed by atoms with Crippen molar-refractivity contribution in [1.29, 1.82) is 0 Å². The van der Waals surface area contributed by atoms with Crippen molar-refractivity contribution in [2.24, 2.45) is 0 Å². The maximum absolute atomic E-state index is 6.10. The summed E-state index contributed by atoms with van der Waals surface area (Å²) in [5, 5.41) is 0. The summed E-state index contributed by atoms with van der Waals surface area (Å²) in [5.74, 6) is 2.36. The van der Waals surface area contributed by atoms with E-state index in [0.717, 1.165) is 16.7 Å². The summed E-state index contributed by atoms with van der Waals surface area (Å²) >= 11 is 0. The fourth-order valence-electron chi connectivity index (χ4n) is 2.35. The van der Waals surface area contributed by atoms with Crippen LogP contribution in [0.2, 0.25) is 0 Å². The maximum Gasteiger partial charge on any atom is 0.203 e. The Morgan fingerprint density at radius 3 is 1.91 bits per heavy atom. The number of methoxy groups -OCH3 is 4. The van der Waals surface area contributed by atoms with Crippen LogP contribution in [-0.4, -0.2) is 28.4 Å². The minimum atomic E-state index is 0.536. The van der Waals surface area contributed by atoms with Crippen molar-refractivity contribution in [2.45, 2.75) is 0 Å². The fraction of sp³-hybridized carbons (Fsp3) is 0.222. The molecule has 122 valence electrons. The highest BCUT2D eigenvalue weighted by Crippen LogP contribution is 2.41. The SMILES string of the molecule is C=C(c1cc(OC)c(OC)c(OC)c1)c1ccc(OC)cc1N. The standard InChI is InChI=1S/C18H21NO4/c1-11(14-7-6-13(20-2)10-15(14)19)12-8-16(21-3)18(23-5)17(9-12)22-4/h6-10H,1,19H2,2-5H3. The zero-order valence-electron chi connectivity index (χ0n) is 13.8. The van der Waals surface area contributed by atoms with Crippen LogP contribution < -0.4 is 24.7 Å². The first-order chi connectivity index (χ1) is 11.0. The maximum atomic E-state index is 6.10. The second kappa shape index (κ2) is 6.96. The second-order valence-electron chi connectivity index (χ2n) is 4.85. The summed E-state index contributed by atoms with van der Waals surface area (Å²) in [7, 11) is 6.32. The van der Waals surface area contributed by atoms with Gasteiger partial charge < -0.3 is 24.7 Å². The van der Waals surface area contributed by atoms with E-state index in [-0.39, 0.29) is 0 Å². The molecule has 0 atom stereocenters. The minimum Gasteiger partial charge on any atom is -0.497 e. The molecule has 0 amide bonds. The van der Waals surface area contributed by atoms with E-state index in [1.807, 2.05) is 24.3 Å². The van der Waals surface area contributed by atoms with Crippen LogP contribution in [-0.2, 0) is 0 Å². The first kappa shape index (κ1) is 16.5. The number of benzene rings is 2. The van der Waals surface area contributed by atoms with Gasteiger partial charge in [0.2, 0.25) is 5.75 Å². The summed E-state index contributed by atoms with van der Waals surface area (Å²) in [5.41, 5.74) is 9.09. The average Bonchev–Trinajstić information content (AvgIpc) is 2.59. The lowest BCUT2D eigenvalue weighted by Crippen LogP contribution is -1.99. The normalized spacial score (nSPS) is 10.1. The molecule has 0 fully saturated rings. The molecule has 5 heteroatoms. The van der Waals surface area contributed by atoms with Crippen LogP contribution >= 0.6 is 0 Å². The zero-order valence-corrected chi connectivity index (χ0v) is 13.8. The Morgan fingerprint density at radius 2 is 1.48 bits per heavy atom. The number of hydrogen-bond donors (Lipinski definition) is 1. The Balaban J connectivity index is 2.51. The van der Waals surface area contributed by atoms with Crippen molar-refractivity contribution < 1.29 is 18.9 Å². The second-order valence-corrected chi connectivity index (χ2v) is 4.85. The first-order valence-corrected chi connectivity index (χ1v) is 6.98. The largest absolute Gasteiger partial charge is 0.497 e. The van der Waals surface area contributed by atoms with Gasteiger partial charge in [-0.05, 0) is 35.4 Å². The Hall–Kier alpha value is -2.82. The van der Waals surface area contributed by atoms with E-state index in [1.165, 1.54) is 0 Å². The van der Waals surface area contributed by atoms with Crippen molar-refractivity contribution in [3.8, 4) is 23.0 Å². The van der Waals surface area contributed by atoms with E-state index in [2.05, 4.69) is 6.58 Å². The number of nitrogen functional groups attached to an aromatic ring is 1. The average molecular weight is 315 g/mol. The highest BCUT2D eigenvalue weighted by atomic mass is 16.5. The lowest BCUT2D eigenvalue weighted by molar-refractivity contribution is 0.324. The first-order valence-electron chi connectivity index (χ1n) is 6.98. The van der Waals surface area contributed by atoms with Crippen molar-refractivity contribution >= 4 is 11.3 Å². The molecular formula is C18H21NO4. The third kappa shape index (κ3) is 3.18. The van der Waals surface area contributed by atoms with Gasteiger partial charge in [-0.3, -0.25) is 0 Å². The molecule has 2 aromatic rings. The van der Waals surface area contributed by atoms with Gasteiger partial charge in [-0.1, -0.05) is 6.58 Å². The van der Waals surface area contributed by atoms with Gasteiger partial charge in [0.15, 0.2) is 11.5 Å². The van der Waals surface area contributed by atoms with E-state index >= 15 is 0 Å². The quantitative estimate of drug-likeness (QED) is 0.828. The smallest absolute Gasteiger partial charge is 0.203 e. The van der Waals surface area contributed by atoms with Crippen LogP contribution in [0.25, 0.3) is 5.57 Å². The van der Waals surface area contributed by atoms with Gasteiger partial charge in [0, 0.05) is 17.3 Å². The topological polar surface area (TPSA) is 62.9 Å². The van der Waals surface area contributed by atoms with Crippen LogP contribution in [0.15, 0.2) is 36.9 Å². The highest BCUT2D eigenvalue weighted by molar-refractivity contribution is 5.86. The molecule has 0 aromatic heterocycles. The molecule has 0 aliphatic rings. The zero-order chi connectivity index (χ0) is 17.0. The summed E-state index contributed by atoms with van der Waals surface area (Å²) in [6, 6.07) is 9.16. The molecule has 0 saturated carbocycles. The monoisotopic (exact) mass is 315 g/mol. The van der Waals surface area contributed by atoms with Gasteiger partial charge in [0.05, 0.1) is 28.4 Å². The predicted molar refractivity (Wildman–Crippen MR) is 91.6 cm³/mol. The third-order valence-corrected chi connectivity index (χ3v) is 3.60. The van der Waals surface area contributed by atoms with Gasteiger partial charge in [0.25, 0.3) is 0 Å². The molecule has 0 spiro atoms. The molecule has 2 N–H and O–H groups in total. The van der Waals surface area contributed by atoms with Crippen molar-refractivity contribution in [1.82, 2.24) is 0 Å². The molecular weight excluding hydrogens is 294 g/mol. The molecule has 0 heterocycles. The van der Waals surface area contributed by atoms with Crippen molar-refractivity contribution in [3.05, 3.63) is 48.0 Å². The number of ether oxygens (including phenoxy) is 4. The van der Waals surface area contributed by atoms with E-state index in [9.17, 15) is 0 Å². The molecule has 2 rings (SSSR count).